The number of fused-ring (bicyclic) bond motifs is 1. The van der Waals surface area contributed by atoms with Gasteiger partial charge in [0.15, 0.2) is 17.4 Å². The van der Waals surface area contributed by atoms with Crippen LogP contribution in [0.5, 0.6) is 5.75 Å². The van der Waals surface area contributed by atoms with Gasteiger partial charge in [-0.2, -0.15) is 0 Å². The predicted molar refractivity (Wildman–Crippen MR) is 189 cm³/mol. The molecule has 7 N–H and O–H groups in total. The molecular weight excluding hydrogens is 624 g/mol. The first-order valence-corrected chi connectivity index (χ1v) is 16.1. The lowest BCUT2D eigenvalue weighted by atomic mass is 9.98. The Labute approximate surface area is 281 Å². The molecule has 1 saturated heterocycles. The van der Waals surface area contributed by atoms with Gasteiger partial charge >= 0.3 is 0 Å². The van der Waals surface area contributed by atoms with E-state index in [-0.39, 0.29) is 24.3 Å². The summed E-state index contributed by atoms with van der Waals surface area (Å²) < 4.78 is 33.5. The quantitative estimate of drug-likeness (QED) is 0.109. The van der Waals surface area contributed by atoms with Crippen molar-refractivity contribution in [1.29, 1.82) is 0 Å². The summed E-state index contributed by atoms with van der Waals surface area (Å²) >= 11 is 5.75. The molecule has 0 saturated carbocycles. The molecule has 9 nitrogen and oxygen atoms in total. The lowest BCUT2D eigenvalue weighted by Crippen LogP contribution is -2.44. The first-order chi connectivity index (χ1) is 22.6. The maximum atomic E-state index is 14.2. The van der Waals surface area contributed by atoms with E-state index < -0.39 is 23.5 Å². The largest absolute Gasteiger partial charge is 0.485 e. The summed E-state index contributed by atoms with van der Waals surface area (Å²) in [6.45, 7) is 15.9. The minimum Gasteiger partial charge on any atom is -0.485 e. The van der Waals surface area contributed by atoms with Gasteiger partial charge in [0.05, 0.1) is 16.4 Å². The average Bonchev–Trinajstić information content (AvgIpc) is 3.49. The topological polar surface area (TPSA) is 110 Å². The van der Waals surface area contributed by atoms with Crippen molar-refractivity contribution in [2.24, 2.45) is 5.73 Å². The Morgan fingerprint density at radius 1 is 1.23 bits per heavy atom. The molecule has 0 amide bonds. The van der Waals surface area contributed by atoms with Gasteiger partial charge in [0.25, 0.3) is 0 Å². The van der Waals surface area contributed by atoms with Crippen LogP contribution in [0.2, 0.25) is 5.02 Å². The van der Waals surface area contributed by atoms with E-state index in [4.69, 9.17) is 22.1 Å². The van der Waals surface area contributed by atoms with Crippen LogP contribution in [0.25, 0.3) is 11.8 Å². The molecule has 2 aliphatic heterocycles. The predicted octanol–water partition coefficient (Wildman–Crippen LogP) is 4.95. The van der Waals surface area contributed by atoms with Gasteiger partial charge in [0, 0.05) is 75.4 Å². The zero-order chi connectivity index (χ0) is 34.1. The molecule has 0 spiro atoms. The van der Waals surface area contributed by atoms with Gasteiger partial charge in [0.2, 0.25) is 0 Å². The number of aliphatic hydroxyl groups excluding tert-OH is 1. The summed E-state index contributed by atoms with van der Waals surface area (Å²) in [4.78, 5) is 4.68. The SMILES string of the molecule is C=C/C(=C(\C=C/NC)NCC(O)COc1c(F)ccc(Cl)c1F)C1Nc2cc(C=C)c(C(=C)N(C)C3CCN(CCN)CC3)cc2N1. The number of nitrogens with zero attached hydrogens (tertiary/aromatic N) is 2. The summed E-state index contributed by atoms with van der Waals surface area (Å²) in [5, 5.41) is 23.6. The van der Waals surface area contributed by atoms with Crippen molar-refractivity contribution in [3.63, 3.8) is 0 Å². The number of hydrogen-bond donors (Lipinski definition) is 6. The summed E-state index contributed by atoms with van der Waals surface area (Å²) in [5.74, 6) is -2.55. The fourth-order valence-corrected chi connectivity index (χ4v) is 5.96. The number of anilines is 2. The number of allylic oxidation sites excluding steroid dienone is 1. The molecule has 47 heavy (non-hydrogen) atoms. The molecule has 2 heterocycles. The van der Waals surface area contributed by atoms with Gasteiger partial charge in [-0.25, -0.2) is 8.78 Å². The molecule has 0 aliphatic carbocycles. The third-order valence-corrected chi connectivity index (χ3v) is 8.80. The summed E-state index contributed by atoms with van der Waals surface area (Å²) in [6.07, 6.45) is 7.73. The molecule has 0 bridgehead atoms. The maximum absolute atomic E-state index is 14.2. The van der Waals surface area contributed by atoms with Crippen LogP contribution in [-0.4, -0.2) is 86.6 Å². The van der Waals surface area contributed by atoms with E-state index in [1.54, 1.807) is 19.3 Å². The Balaban J connectivity index is 1.48. The van der Waals surface area contributed by atoms with Crippen LogP contribution in [0.3, 0.4) is 0 Å². The van der Waals surface area contributed by atoms with Crippen molar-refractivity contribution >= 4 is 34.7 Å². The second kappa shape index (κ2) is 16.7. The molecule has 12 heteroatoms. The van der Waals surface area contributed by atoms with Gasteiger partial charge in [-0.05, 0) is 54.9 Å². The van der Waals surface area contributed by atoms with Crippen molar-refractivity contribution in [2.75, 3.05) is 64.1 Å². The smallest absolute Gasteiger partial charge is 0.192 e. The number of hydrogen-bond acceptors (Lipinski definition) is 9. The highest BCUT2D eigenvalue weighted by molar-refractivity contribution is 6.30. The Kier molecular flexibility index (Phi) is 12.7. The molecule has 254 valence electrons. The van der Waals surface area contributed by atoms with E-state index in [2.05, 4.69) is 70.0 Å². The van der Waals surface area contributed by atoms with Crippen LogP contribution in [0, 0.1) is 11.6 Å². The Morgan fingerprint density at radius 3 is 2.57 bits per heavy atom. The third-order valence-electron chi connectivity index (χ3n) is 8.50. The van der Waals surface area contributed by atoms with Crippen LogP contribution in [0.1, 0.15) is 24.0 Å². The number of benzene rings is 2. The highest BCUT2D eigenvalue weighted by atomic mass is 35.5. The monoisotopic (exact) mass is 669 g/mol. The number of nitrogens with one attached hydrogen (secondary N) is 4. The minimum atomic E-state index is -1.10. The molecule has 0 aromatic heterocycles. The van der Waals surface area contributed by atoms with Gasteiger partial charge in [0.1, 0.15) is 18.9 Å². The second-order valence-corrected chi connectivity index (χ2v) is 12.0. The van der Waals surface area contributed by atoms with Crippen molar-refractivity contribution in [1.82, 2.24) is 20.4 Å². The van der Waals surface area contributed by atoms with Gasteiger partial charge in [-0.3, -0.25) is 0 Å². The van der Waals surface area contributed by atoms with E-state index in [0.717, 1.165) is 78.4 Å². The van der Waals surface area contributed by atoms with E-state index >= 15 is 0 Å². The van der Waals surface area contributed by atoms with E-state index in [0.29, 0.717) is 18.3 Å². The number of aliphatic hydroxyl groups is 1. The molecule has 2 aliphatic rings. The van der Waals surface area contributed by atoms with Crippen LogP contribution >= 0.6 is 11.6 Å². The highest BCUT2D eigenvalue weighted by Crippen LogP contribution is 2.38. The van der Waals surface area contributed by atoms with Crippen LogP contribution in [0.15, 0.2) is 73.6 Å². The van der Waals surface area contributed by atoms with Crippen LogP contribution in [0.4, 0.5) is 20.2 Å². The molecule has 2 aromatic carbocycles. The fourth-order valence-electron chi connectivity index (χ4n) is 5.81. The minimum absolute atomic E-state index is 0.0201. The van der Waals surface area contributed by atoms with Crippen LogP contribution in [-0.2, 0) is 0 Å². The van der Waals surface area contributed by atoms with Crippen molar-refractivity contribution in [3.05, 3.63) is 101 Å². The molecule has 0 radical (unpaired) electrons. The van der Waals surface area contributed by atoms with Crippen molar-refractivity contribution in [2.45, 2.75) is 31.2 Å². The zero-order valence-electron chi connectivity index (χ0n) is 27.1. The molecule has 1 fully saturated rings. The number of rotatable bonds is 16. The number of nitrogens with two attached hydrogens (primary N) is 1. The summed E-state index contributed by atoms with van der Waals surface area (Å²) in [5.41, 5.74) is 11.9. The van der Waals surface area contributed by atoms with Crippen molar-refractivity contribution < 1.29 is 18.6 Å². The van der Waals surface area contributed by atoms with Crippen LogP contribution < -0.4 is 31.7 Å². The zero-order valence-corrected chi connectivity index (χ0v) is 27.8. The summed E-state index contributed by atoms with van der Waals surface area (Å²) in [7, 11) is 3.87. The van der Waals surface area contributed by atoms with Gasteiger partial charge < -0.3 is 46.6 Å². The molecule has 2 unspecified atom stereocenters. The molecule has 4 rings (SSSR count). The average molecular weight is 670 g/mol. The number of piperidine rings is 1. The molecular formula is C35H46ClF2N7O2. The Morgan fingerprint density at radius 2 is 1.94 bits per heavy atom. The number of likely N-dealkylation sites (tertiary alicyclic amines) is 1. The maximum Gasteiger partial charge on any atom is 0.192 e. The lowest BCUT2D eigenvalue weighted by Gasteiger charge is -2.38. The first kappa shape index (κ1) is 35.8. The van der Waals surface area contributed by atoms with Crippen molar-refractivity contribution in [3.8, 4) is 5.75 Å². The molecule has 2 aromatic rings. The summed E-state index contributed by atoms with van der Waals surface area (Å²) in [6, 6.07) is 6.64. The van der Waals surface area contributed by atoms with E-state index in [1.807, 2.05) is 12.2 Å². The lowest BCUT2D eigenvalue weighted by molar-refractivity contribution is 0.104. The first-order valence-electron chi connectivity index (χ1n) is 15.7. The Hall–Kier alpha value is -4.03. The highest BCUT2D eigenvalue weighted by Gasteiger charge is 2.28. The fraction of sp³-hybridized carbons (Fsp3) is 0.371. The standard InChI is InChI=1S/C35H46ClF2N7O2/c1-6-23-18-31-32(19-27(23)22(3)44(5)24-11-15-45(16-12-24)17-13-39)43-35(42-31)26(7-2)30(10-14-40-4)41-20-25(46)21-47-34-29(37)9-8-28(36)33(34)38/h6-10,14,18-19,24-25,35,40-43,46H,1-3,11-13,15-17,20-21,39H2,4-5H3/b14-10-,30-26-. The second-order valence-electron chi connectivity index (χ2n) is 11.5. The van der Waals surface area contributed by atoms with Gasteiger partial charge in [-0.1, -0.05) is 43.5 Å². The Bertz CT molecular complexity index is 1510. The number of halogens is 3. The number of ether oxygens (including phenoxy) is 1. The van der Waals surface area contributed by atoms with E-state index in [9.17, 15) is 13.9 Å². The molecule has 2 atom stereocenters. The normalized spacial score (nSPS) is 17.6. The van der Waals surface area contributed by atoms with E-state index in [1.165, 1.54) is 0 Å². The third kappa shape index (κ3) is 8.66. The van der Waals surface area contributed by atoms with Gasteiger partial charge in [-0.15, -0.1) is 0 Å².